The van der Waals surface area contributed by atoms with Crippen LogP contribution in [0, 0.1) is 0 Å². The summed E-state index contributed by atoms with van der Waals surface area (Å²) in [6.45, 7) is 4.04. The van der Waals surface area contributed by atoms with Crippen molar-refractivity contribution in [1.29, 1.82) is 0 Å². The molecule has 0 aliphatic heterocycles. The fourth-order valence-electron chi connectivity index (χ4n) is 2.87. The van der Waals surface area contributed by atoms with E-state index in [1.54, 1.807) is 24.3 Å². The Morgan fingerprint density at radius 2 is 1.44 bits per heavy atom. The van der Waals surface area contributed by atoms with E-state index in [0.29, 0.717) is 0 Å². The highest BCUT2D eigenvalue weighted by atomic mass is 79.9. The molecule has 0 aromatic heterocycles. The molecule has 0 radical (unpaired) electrons. The smallest absolute Gasteiger partial charge is 0.115 e. The molecule has 0 unspecified atom stereocenters. The third kappa shape index (κ3) is 4.43. The van der Waals surface area contributed by atoms with Gasteiger partial charge in [-0.3, -0.25) is 0 Å². The molecule has 1 fully saturated rings. The second-order valence-corrected chi connectivity index (χ2v) is 7.03. The van der Waals surface area contributed by atoms with Crippen LogP contribution < -0.4 is 0 Å². The summed E-state index contributed by atoms with van der Waals surface area (Å²) in [7, 11) is 0. The molecule has 2 aromatic rings. The summed E-state index contributed by atoms with van der Waals surface area (Å²) >= 11 is 3.53. The minimum atomic E-state index is 0.254. The topological polar surface area (TPSA) is 40.5 Å². The molecule has 0 bridgehead atoms. The first-order valence-electron chi connectivity index (χ1n) is 8.35. The van der Waals surface area contributed by atoms with Crippen LogP contribution in [0.3, 0.4) is 0 Å². The van der Waals surface area contributed by atoms with Gasteiger partial charge in [-0.25, -0.2) is 0 Å². The summed E-state index contributed by atoms with van der Waals surface area (Å²) in [5, 5.41) is 20.2. The lowest BCUT2D eigenvalue weighted by Crippen LogP contribution is -1.95. The van der Waals surface area contributed by atoms with E-state index < -0.39 is 0 Å². The fraction of sp³-hybridized carbons (Fsp3) is 0.182. The molecule has 3 heteroatoms. The molecule has 3 rings (SSSR count). The summed E-state index contributed by atoms with van der Waals surface area (Å²) < 4.78 is 0. The molecule has 0 heterocycles. The van der Waals surface area contributed by atoms with Crippen LogP contribution in [0.15, 0.2) is 77.9 Å². The lowest BCUT2D eigenvalue weighted by molar-refractivity contribution is 0.475. The first-order valence-corrected chi connectivity index (χ1v) is 9.47. The van der Waals surface area contributed by atoms with Crippen LogP contribution in [0.5, 0.6) is 11.5 Å². The van der Waals surface area contributed by atoms with E-state index in [-0.39, 0.29) is 11.5 Å². The van der Waals surface area contributed by atoms with Crippen LogP contribution in [0.25, 0.3) is 5.57 Å². The molecule has 2 aromatic carbocycles. The average Bonchev–Trinajstić information content (AvgIpc) is 3.31. The minimum Gasteiger partial charge on any atom is -0.508 e. The van der Waals surface area contributed by atoms with Gasteiger partial charge in [0.05, 0.1) is 0 Å². The molecule has 0 spiro atoms. The number of hydrogen-bond donors (Lipinski definition) is 2. The van der Waals surface area contributed by atoms with E-state index in [1.165, 1.54) is 16.7 Å². The van der Waals surface area contributed by atoms with Crippen molar-refractivity contribution in [2.75, 3.05) is 5.33 Å². The van der Waals surface area contributed by atoms with Gasteiger partial charge in [0.25, 0.3) is 0 Å². The van der Waals surface area contributed by atoms with Crippen LogP contribution in [-0.4, -0.2) is 15.5 Å². The van der Waals surface area contributed by atoms with Crippen molar-refractivity contribution in [3.63, 3.8) is 0 Å². The van der Waals surface area contributed by atoms with Gasteiger partial charge in [-0.15, -0.1) is 0 Å². The predicted molar refractivity (Wildman–Crippen MR) is 107 cm³/mol. The summed E-state index contributed by atoms with van der Waals surface area (Å²) in [5.74, 6) is 0.509. The number of aromatic hydroxyl groups is 2. The highest BCUT2D eigenvalue weighted by Crippen LogP contribution is 2.39. The van der Waals surface area contributed by atoms with Gasteiger partial charge in [0.15, 0.2) is 0 Å². The number of benzene rings is 2. The summed E-state index contributed by atoms with van der Waals surface area (Å²) in [5.41, 5.74) is 7.00. The maximum atomic E-state index is 9.64. The van der Waals surface area contributed by atoms with Crippen LogP contribution in [-0.2, 0) is 0 Å². The van der Waals surface area contributed by atoms with E-state index >= 15 is 0 Å². The quantitative estimate of drug-likeness (QED) is 0.591. The molecule has 1 aliphatic rings. The number of hydrogen-bond acceptors (Lipinski definition) is 2. The molecule has 2 nitrogen and oxygen atoms in total. The van der Waals surface area contributed by atoms with Crippen molar-refractivity contribution in [2.24, 2.45) is 0 Å². The van der Waals surface area contributed by atoms with Crippen LogP contribution >= 0.6 is 15.9 Å². The van der Waals surface area contributed by atoms with Crippen molar-refractivity contribution in [3.8, 4) is 11.5 Å². The van der Waals surface area contributed by atoms with E-state index in [2.05, 4.69) is 28.6 Å². The van der Waals surface area contributed by atoms with Crippen molar-refractivity contribution in [3.05, 3.63) is 89.0 Å². The number of rotatable bonds is 6. The van der Waals surface area contributed by atoms with Crippen LogP contribution in [0.4, 0.5) is 0 Å². The highest BCUT2D eigenvalue weighted by molar-refractivity contribution is 9.09. The fourth-order valence-corrected chi connectivity index (χ4v) is 3.15. The Morgan fingerprint density at radius 1 is 0.960 bits per heavy atom. The third-order valence-electron chi connectivity index (χ3n) is 4.29. The van der Waals surface area contributed by atoms with Gasteiger partial charge in [-0.2, -0.15) is 0 Å². The minimum absolute atomic E-state index is 0.254. The predicted octanol–water partition coefficient (Wildman–Crippen LogP) is 5.96. The Labute approximate surface area is 157 Å². The highest BCUT2D eigenvalue weighted by Gasteiger charge is 2.20. The molecular formula is C22H21BrO2. The number of phenols is 2. The maximum Gasteiger partial charge on any atom is 0.115 e. The molecule has 1 aliphatic carbocycles. The van der Waals surface area contributed by atoms with E-state index in [1.807, 2.05) is 24.3 Å². The number of phenolic OH excluding ortho intramolecular Hbond substituents is 2. The lowest BCUT2D eigenvalue weighted by atomic mass is 9.90. The molecular weight excluding hydrogens is 376 g/mol. The average molecular weight is 397 g/mol. The zero-order valence-electron chi connectivity index (χ0n) is 14.0. The maximum absolute atomic E-state index is 9.64. The van der Waals surface area contributed by atoms with E-state index in [0.717, 1.165) is 41.3 Å². The van der Waals surface area contributed by atoms with Gasteiger partial charge in [-0.1, -0.05) is 52.9 Å². The zero-order chi connectivity index (χ0) is 17.8. The normalized spacial score (nSPS) is 14.6. The SMILES string of the molecule is C=C1C/C1=C/C(CCCBr)=C(c1ccc(O)cc1)c1ccc(O)cc1. The van der Waals surface area contributed by atoms with Gasteiger partial charge in [0.1, 0.15) is 11.5 Å². The van der Waals surface area contributed by atoms with Crippen LogP contribution in [0.1, 0.15) is 30.4 Å². The number of alkyl halides is 1. The largest absolute Gasteiger partial charge is 0.508 e. The first-order chi connectivity index (χ1) is 12.1. The van der Waals surface area contributed by atoms with Crippen molar-refractivity contribution in [1.82, 2.24) is 0 Å². The van der Waals surface area contributed by atoms with Gasteiger partial charge < -0.3 is 10.2 Å². The molecule has 25 heavy (non-hydrogen) atoms. The van der Waals surface area contributed by atoms with Crippen molar-refractivity contribution < 1.29 is 10.2 Å². The Morgan fingerprint density at radius 3 is 1.84 bits per heavy atom. The van der Waals surface area contributed by atoms with Gasteiger partial charge in [0.2, 0.25) is 0 Å². The molecule has 2 N–H and O–H groups in total. The molecule has 0 saturated heterocycles. The first kappa shape index (κ1) is 17.6. The molecule has 1 saturated carbocycles. The van der Waals surface area contributed by atoms with Crippen molar-refractivity contribution >= 4 is 21.5 Å². The standard InChI is InChI=1S/C22H21BrO2/c1-15-13-19(15)14-18(3-2-12-23)22(16-4-8-20(24)9-5-16)17-6-10-21(25)11-7-17/h4-11,14,24-25H,1-3,12-13H2/b19-14-. The van der Waals surface area contributed by atoms with E-state index in [4.69, 9.17) is 0 Å². The van der Waals surface area contributed by atoms with Gasteiger partial charge in [0, 0.05) is 5.33 Å². The molecule has 128 valence electrons. The Balaban J connectivity index is 2.16. The Kier molecular flexibility index (Phi) is 5.44. The van der Waals surface area contributed by atoms with Crippen LogP contribution in [0.2, 0.25) is 0 Å². The van der Waals surface area contributed by atoms with Crippen molar-refractivity contribution in [2.45, 2.75) is 19.3 Å². The second kappa shape index (κ2) is 7.75. The second-order valence-electron chi connectivity index (χ2n) is 6.24. The summed E-state index contributed by atoms with van der Waals surface area (Å²) in [6, 6.07) is 14.6. The zero-order valence-corrected chi connectivity index (χ0v) is 15.6. The summed E-state index contributed by atoms with van der Waals surface area (Å²) in [4.78, 5) is 0. The van der Waals surface area contributed by atoms with Gasteiger partial charge >= 0.3 is 0 Å². The lowest BCUT2D eigenvalue weighted by Gasteiger charge is -2.15. The van der Waals surface area contributed by atoms with Gasteiger partial charge in [-0.05, 0) is 76.9 Å². The third-order valence-corrected chi connectivity index (χ3v) is 4.85. The number of halogens is 1. The monoisotopic (exact) mass is 396 g/mol. The Bertz CT molecular complexity index is 780. The summed E-state index contributed by atoms with van der Waals surface area (Å²) in [6.07, 6.45) is 5.21. The molecule has 0 amide bonds. The van der Waals surface area contributed by atoms with E-state index in [9.17, 15) is 10.2 Å². The Hall–Kier alpha value is -2.26. The molecule has 0 atom stereocenters. The number of allylic oxidation sites excluding steroid dienone is 4.